The molecule has 1 heterocycles. The van der Waals surface area contributed by atoms with E-state index >= 15 is 0 Å². The smallest absolute Gasteiger partial charge is 0.387 e. The van der Waals surface area contributed by atoms with Crippen LogP contribution in [0.1, 0.15) is 35.8 Å². The van der Waals surface area contributed by atoms with E-state index in [1.165, 1.54) is 24.4 Å². The number of nitrogens with zero attached hydrogens (tertiary/aromatic N) is 1. The zero-order valence-electron chi connectivity index (χ0n) is 15.0. The Morgan fingerprint density at radius 1 is 1.32 bits per heavy atom. The number of rotatable bonds is 8. The molecule has 1 amide bonds. The van der Waals surface area contributed by atoms with E-state index in [0.29, 0.717) is 24.6 Å². The van der Waals surface area contributed by atoms with E-state index in [9.17, 15) is 13.6 Å². The SMILES string of the molecule is CCc1ncc(Cl)c(NC(=O)c2ccc(OCC3CC3)c(OC(F)F)c2)c1Cl. The highest BCUT2D eigenvalue weighted by atomic mass is 35.5. The summed E-state index contributed by atoms with van der Waals surface area (Å²) in [5.74, 6) is -0.183. The Bertz CT molecular complexity index is 876. The predicted octanol–water partition coefficient (Wildman–Crippen LogP) is 5.59. The van der Waals surface area contributed by atoms with Crippen LogP contribution in [-0.2, 0) is 6.42 Å². The average Bonchev–Trinajstić information content (AvgIpc) is 3.48. The summed E-state index contributed by atoms with van der Waals surface area (Å²) in [4.78, 5) is 16.7. The van der Waals surface area contributed by atoms with Gasteiger partial charge in [-0.1, -0.05) is 30.1 Å². The first-order valence-corrected chi connectivity index (χ1v) is 9.50. The molecule has 0 aliphatic heterocycles. The van der Waals surface area contributed by atoms with Crippen molar-refractivity contribution in [1.82, 2.24) is 4.98 Å². The van der Waals surface area contributed by atoms with E-state index in [1.54, 1.807) is 0 Å². The van der Waals surface area contributed by atoms with Crippen LogP contribution in [0.5, 0.6) is 11.5 Å². The summed E-state index contributed by atoms with van der Waals surface area (Å²) in [5.41, 5.74) is 0.883. The fraction of sp³-hybridized carbons (Fsp3) is 0.368. The number of carbonyl (C=O) groups excluding carboxylic acids is 1. The molecule has 150 valence electrons. The quantitative estimate of drug-likeness (QED) is 0.592. The van der Waals surface area contributed by atoms with Crippen molar-refractivity contribution in [2.24, 2.45) is 5.92 Å². The molecule has 0 saturated heterocycles. The van der Waals surface area contributed by atoms with Crippen molar-refractivity contribution < 1.29 is 23.0 Å². The number of halogens is 4. The van der Waals surface area contributed by atoms with E-state index in [-0.39, 0.29) is 32.8 Å². The first-order chi connectivity index (χ1) is 13.4. The summed E-state index contributed by atoms with van der Waals surface area (Å²) < 4.78 is 35.6. The number of nitrogens with one attached hydrogen (secondary N) is 1. The molecule has 0 radical (unpaired) electrons. The van der Waals surface area contributed by atoms with Crippen molar-refractivity contribution in [2.45, 2.75) is 32.8 Å². The molecule has 0 unspecified atom stereocenters. The van der Waals surface area contributed by atoms with Crippen LogP contribution in [0.25, 0.3) is 0 Å². The standard InChI is InChI=1S/C19H18Cl2F2N2O3/c1-2-13-16(21)17(12(20)8-24-13)25-18(26)11-5-6-14(27-9-10-3-4-10)15(7-11)28-19(22)23/h5-8,10,19H,2-4,9H2,1H3,(H,24,25,26). The Kier molecular flexibility index (Phi) is 6.57. The number of hydrogen-bond donors (Lipinski definition) is 1. The number of hydrogen-bond acceptors (Lipinski definition) is 4. The van der Waals surface area contributed by atoms with E-state index in [0.717, 1.165) is 12.8 Å². The molecule has 0 atom stereocenters. The second kappa shape index (κ2) is 8.92. The van der Waals surface area contributed by atoms with Crippen molar-refractivity contribution in [3.63, 3.8) is 0 Å². The van der Waals surface area contributed by atoms with Gasteiger partial charge in [0.15, 0.2) is 11.5 Å². The number of anilines is 1. The molecular formula is C19H18Cl2F2N2O3. The molecule has 5 nitrogen and oxygen atoms in total. The Hall–Kier alpha value is -2.12. The number of carbonyl (C=O) groups is 1. The molecule has 0 spiro atoms. The van der Waals surface area contributed by atoms with Gasteiger partial charge in [-0.05, 0) is 43.4 Å². The third kappa shape index (κ3) is 5.02. The van der Waals surface area contributed by atoms with Gasteiger partial charge in [0.2, 0.25) is 0 Å². The van der Waals surface area contributed by atoms with Crippen molar-refractivity contribution in [3.8, 4) is 11.5 Å². The van der Waals surface area contributed by atoms with Crippen LogP contribution in [0, 0.1) is 5.92 Å². The molecular weight excluding hydrogens is 413 g/mol. The van der Waals surface area contributed by atoms with Crippen LogP contribution in [0.4, 0.5) is 14.5 Å². The largest absolute Gasteiger partial charge is 0.489 e. The van der Waals surface area contributed by atoms with Gasteiger partial charge in [0, 0.05) is 11.8 Å². The minimum atomic E-state index is -3.04. The molecule has 28 heavy (non-hydrogen) atoms. The molecule has 1 aliphatic rings. The molecule has 2 aromatic rings. The molecule has 1 aromatic heterocycles. The van der Waals surface area contributed by atoms with Crippen molar-refractivity contribution in [2.75, 3.05) is 11.9 Å². The number of aryl methyl sites for hydroxylation is 1. The van der Waals surface area contributed by atoms with Gasteiger partial charge in [-0.3, -0.25) is 9.78 Å². The van der Waals surface area contributed by atoms with Gasteiger partial charge in [-0.15, -0.1) is 0 Å². The Morgan fingerprint density at radius 2 is 2.07 bits per heavy atom. The second-order valence-electron chi connectivity index (χ2n) is 6.34. The minimum absolute atomic E-state index is 0.0939. The van der Waals surface area contributed by atoms with Crippen LogP contribution in [-0.4, -0.2) is 24.1 Å². The van der Waals surface area contributed by atoms with Crippen LogP contribution in [0.15, 0.2) is 24.4 Å². The maximum atomic E-state index is 12.8. The second-order valence-corrected chi connectivity index (χ2v) is 7.13. The maximum absolute atomic E-state index is 12.8. The van der Waals surface area contributed by atoms with Crippen LogP contribution in [0.3, 0.4) is 0 Å². The number of alkyl halides is 2. The first kappa shape index (κ1) is 20.6. The molecule has 1 N–H and O–H groups in total. The summed E-state index contributed by atoms with van der Waals surface area (Å²) >= 11 is 12.3. The highest BCUT2D eigenvalue weighted by molar-refractivity contribution is 6.40. The van der Waals surface area contributed by atoms with Gasteiger partial charge in [0.05, 0.1) is 28.0 Å². The van der Waals surface area contributed by atoms with Gasteiger partial charge in [-0.25, -0.2) is 0 Å². The molecule has 3 rings (SSSR count). The summed E-state index contributed by atoms with van der Waals surface area (Å²) in [7, 11) is 0. The monoisotopic (exact) mass is 430 g/mol. The van der Waals surface area contributed by atoms with Gasteiger partial charge in [0.25, 0.3) is 5.91 Å². The Morgan fingerprint density at radius 3 is 2.71 bits per heavy atom. The Labute approximate surface area is 170 Å². The summed E-state index contributed by atoms with van der Waals surface area (Å²) in [6, 6.07) is 4.09. The number of ether oxygens (including phenoxy) is 2. The lowest BCUT2D eigenvalue weighted by molar-refractivity contribution is -0.0515. The minimum Gasteiger partial charge on any atom is -0.489 e. The molecule has 1 fully saturated rings. The maximum Gasteiger partial charge on any atom is 0.387 e. The lowest BCUT2D eigenvalue weighted by Gasteiger charge is -2.15. The third-order valence-electron chi connectivity index (χ3n) is 4.21. The van der Waals surface area contributed by atoms with Crippen LogP contribution < -0.4 is 14.8 Å². The normalized spacial score (nSPS) is 13.5. The first-order valence-electron chi connectivity index (χ1n) is 8.75. The van der Waals surface area contributed by atoms with Gasteiger partial charge in [0.1, 0.15) is 0 Å². The highest BCUT2D eigenvalue weighted by Gasteiger charge is 2.23. The van der Waals surface area contributed by atoms with Crippen LogP contribution in [0.2, 0.25) is 10.0 Å². The lowest BCUT2D eigenvalue weighted by atomic mass is 10.1. The third-order valence-corrected chi connectivity index (χ3v) is 4.91. The van der Waals surface area contributed by atoms with Crippen molar-refractivity contribution >= 4 is 34.8 Å². The topological polar surface area (TPSA) is 60.5 Å². The summed E-state index contributed by atoms with van der Waals surface area (Å²) in [6.07, 6.45) is 4.05. The molecule has 1 aromatic carbocycles. The van der Waals surface area contributed by atoms with E-state index in [4.69, 9.17) is 27.9 Å². The van der Waals surface area contributed by atoms with Gasteiger partial charge >= 0.3 is 6.61 Å². The number of aromatic nitrogens is 1. The van der Waals surface area contributed by atoms with Crippen molar-refractivity contribution in [3.05, 3.63) is 45.7 Å². The van der Waals surface area contributed by atoms with Crippen molar-refractivity contribution in [1.29, 1.82) is 0 Å². The molecule has 9 heteroatoms. The average molecular weight is 431 g/mol. The lowest BCUT2D eigenvalue weighted by Crippen LogP contribution is -2.14. The number of pyridine rings is 1. The zero-order valence-corrected chi connectivity index (χ0v) is 16.5. The fourth-order valence-electron chi connectivity index (χ4n) is 2.50. The van der Waals surface area contributed by atoms with Gasteiger partial charge < -0.3 is 14.8 Å². The van der Waals surface area contributed by atoms with E-state index in [1.807, 2.05) is 6.92 Å². The number of benzene rings is 1. The predicted molar refractivity (Wildman–Crippen MR) is 103 cm³/mol. The Balaban J connectivity index is 1.83. The summed E-state index contributed by atoms with van der Waals surface area (Å²) in [6.45, 7) is -0.757. The summed E-state index contributed by atoms with van der Waals surface area (Å²) in [5, 5.41) is 3.01. The molecule has 1 aliphatic carbocycles. The fourth-order valence-corrected chi connectivity index (χ4v) is 3.07. The highest BCUT2D eigenvalue weighted by Crippen LogP contribution is 2.35. The van der Waals surface area contributed by atoms with E-state index in [2.05, 4.69) is 15.0 Å². The van der Waals surface area contributed by atoms with Crippen LogP contribution >= 0.6 is 23.2 Å². The van der Waals surface area contributed by atoms with E-state index < -0.39 is 12.5 Å². The number of amides is 1. The molecule has 1 saturated carbocycles. The zero-order chi connectivity index (χ0) is 20.3. The molecule has 0 bridgehead atoms. The van der Waals surface area contributed by atoms with Gasteiger partial charge in [-0.2, -0.15) is 8.78 Å².